The van der Waals surface area contributed by atoms with Crippen LogP contribution in [0, 0.1) is 13.8 Å². The van der Waals surface area contributed by atoms with Gasteiger partial charge in [0.2, 0.25) is 0 Å². The van der Waals surface area contributed by atoms with Gasteiger partial charge in [0, 0.05) is 10.3 Å². The molecule has 0 aliphatic rings. The minimum Gasteiger partial charge on any atom is -0.343 e. The summed E-state index contributed by atoms with van der Waals surface area (Å²) >= 11 is 4.68. The van der Waals surface area contributed by atoms with Crippen molar-refractivity contribution in [1.29, 1.82) is 0 Å². The van der Waals surface area contributed by atoms with Crippen molar-refractivity contribution in [1.82, 2.24) is 15.3 Å². The average Bonchev–Trinajstić information content (AvgIpc) is 2.95. The number of thioether (sulfide) groups is 1. The largest absolute Gasteiger partial charge is 0.343 e. The van der Waals surface area contributed by atoms with Crippen LogP contribution >= 0.6 is 34.4 Å². The third kappa shape index (κ3) is 3.34. The smallest absolute Gasteiger partial charge is 0.271 e. The molecule has 2 rings (SSSR count). The van der Waals surface area contributed by atoms with Gasteiger partial charge in [-0.1, -0.05) is 11.8 Å². The van der Waals surface area contributed by atoms with Crippen LogP contribution in [0.1, 0.15) is 39.0 Å². The Kier molecular flexibility index (Phi) is 4.59. The lowest BCUT2D eigenvalue weighted by atomic mass is 10.2. The fraction of sp³-hybridized carbons (Fsp3) is 0.417. The lowest BCUT2D eigenvalue weighted by Gasteiger charge is -2.11. The van der Waals surface area contributed by atoms with E-state index in [1.807, 2.05) is 27.0 Å². The lowest BCUT2D eigenvalue weighted by Crippen LogP contribution is -2.27. The van der Waals surface area contributed by atoms with Crippen LogP contribution < -0.4 is 5.32 Å². The fourth-order valence-corrected chi connectivity index (χ4v) is 3.90. The molecule has 0 radical (unpaired) electrons. The molecular weight excluding hydrogens is 298 g/mol. The number of nitrogens with zero attached hydrogens (tertiary/aromatic N) is 2. The molecule has 1 unspecified atom stereocenters. The van der Waals surface area contributed by atoms with Gasteiger partial charge in [0.1, 0.15) is 10.0 Å². The molecule has 2 heterocycles. The van der Waals surface area contributed by atoms with Crippen LogP contribution in [0.4, 0.5) is 0 Å². The Balaban J connectivity index is 2.08. The summed E-state index contributed by atoms with van der Waals surface area (Å²) in [5.41, 5.74) is 1.42. The molecular formula is C12H15N3OS3. The van der Waals surface area contributed by atoms with E-state index in [1.165, 1.54) is 11.3 Å². The first-order chi connectivity index (χ1) is 9.01. The first kappa shape index (κ1) is 14.5. The van der Waals surface area contributed by atoms with Crippen molar-refractivity contribution in [3.8, 4) is 0 Å². The Hall–Kier alpha value is -0.920. The molecule has 0 aromatic carbocycles. The molecule has 1 atom stereocenters. The molecule has 1 N–H and O–H groups in total. The molecule has 0 saturated heterocycles. The predicted octanol–water partition coefficient (Wildman–Crippen LogP) is 3.43. The van der Waals surface area contributed by atoms with Crippen LogP contribution in [0.2, 0.25) is 0 Å². The molecule has 0 fully saturated rings. The molecule has 1 amide bonds. The minimum atomic E-state index is -0.144. The van der Waals surface area contributed by atoms with Gasteiger partial charge >= 0.3 is 0 Å². The van der Waals surface area contributed by atoms with E-state index in [1.54, 1.807) is 28.5 Å². The molecule has 0 bridgehead atoms. The summed E-state index contributed by atoms with van der Waals surface area (Å²) < 4.78 is 0.901. The topological polar surface area (TPSA) is 54.9 Å². The molecule has 0 saturated carbocycles. The maximum atomic E-state index is 12.1. The summed E-state index contributed by atoms with van der Waals surface area (Å²) in [6.07, 6.45) is 1.95. The highest BCUT2D eigenvalue weighted by Gasteiger charge is 2.18. The van der Waals surface area contributed by atoms with Gasteiger partial charge in [0.25, 0.3) is 5.91 Å². The minimum absolute atomic E-state index is 0.100. The number of thiazole rings is 2. The normalized spacial score (nSPS) is 12.4. The van der Waals surface area contributed by atoms with Gasteiger partial charge in [-0.15, -0.1) is 22.7 Å². The molecule has 102 valence electrons. The maximum absolute atomic E-state index is 12.1. The zero-order valence-electron chi connectivity index (χ0n) is 11.2. The average molecular weight is 313 g/mol. The van der Waals surface area contributed by atoms with Crippen molar-refractivity contribution in [2.75, 3.05) is 6.26 Å². The zero-order valence-corrected chi connectivity index (χ0v) is 13.6. The Morgan fingerprint density at radius 1 is 1.42 bits per heavy atom. The van der Waals surface area contributed by atoms with Gasteiger partial charge in [0.05, 0.1) is 16.7 Å². The molecule has 7 heteroatoms. The molecule has 2 aromatic heterocycles. The lowest BCUT2D eigenvalue weighted by molar-refractivity contribution is 0.0934. The van der Waals surface area contributed by atoms with Crippen LogP contribution in [-0.2, 0) is 0 Å². The number of hydrogen-bond acceptors (Lipinski definition) is 6. The maximum Gasteiger partial charge on any atom is 0.271 e. The second-order valence-electron chi connectivity index (χ2n) is 4.07. The summed E-state index contributed by atoms with van der Waals surface area (Å²) in [7, 11) is 0. The number of carbonyl (C=O) groups excluding carboxylic acids is 1. The van der Waals surface area contributed by atoms with E-state index >= 15 is 0 Å². The Labute approximate surface area is 124 Å². The van der Waals surface area contributed by atoms with Crippen molar-refractivity contribution in [3.05, 3.63) is 26.7 Å². The summed E-state index contributed by atoms with van der Waals surface area (Å²) in [5, 5.41) is 5.75. The molecule has 4 nitrogen and oxygen atoms in total. The van der Waals surface area contributed by atoms with Crippen LogP contribution in [0.5, 0.6) is 0 Å². The molecule has 2 aromatic rings. The van der Waals surface area contributed by atoms with Crippen LogP contribution in [0.3, 0.4) is 0 Å². The fourth-order valence-electron chi connectivity index (χ4n) is 1.74. The SMILES string of the molecule is CSc1nc(C(=O)NC(C)c2nc(C)sc2C)cs1. The Morgan fingerprint density at radius 3 is 2.68 bits per heavy atom. The predicted molar refractivity (Wildman–Crippen MR) is 81.4 cm³/mol. The van der Waals surface area contributed by atoms with E-state index in [0.29, 0.717) is 5.69 Å². The number of aromatic nitrogens is 2. The number of carbonyl (C=O) groups is 1. The highest BCUT2D eigenvalue weighted by atomic mass is 32.2. The van der Waals surface area contributed by atoms with E-state index in [2.05, 4.69) is 15.3 Å². The number of aryl methyl sites for hydroxylation is 2. The van der Waals surface area contributed by atoms with Crippen LogP contribution in [0.25, 0.3) is 0 Å². The number of rotatable bonds is 4. The standard InChI is InChI=1S/C12H15N3OS3/c1-6(10-7(2)19-8(3)14-10)13-11(16)9-5-18-12(15-9)17-4/h5-6H,1-4H3,(H,13,16). The third-order valence-corrected chi connectivity index (χ3v) is 5.35. The van der Waals surface area contributed by atoms with Gasteiger partial charge in [-0.2, -0.15) is 0 Å². The molecule has 0 spiro atoms. The first-order valence-corrected chi connectivity index (χ1v) is 8.67. The molecule has 19 heavy (non-hydrogen) atoms. The second-order valence-corrected chi connectivity index (χ2v) is 7.39. The monoisotopic (exact) mass is 313 g/mol. The zero-order chi connectivity index (χ0) is 14.0. The summed E-state index contributed by atoms with van der Waals surface area (Å²) in [4.78, 5) is 21.9. The highest BCUT2D eigenvalue weighted by Crippen LogP contribution is 2.23. The van der Waals surface area contributed by atoms with Crippen molar-refractivity contribution in [3.63, 3.8) is 0 Å². The van der Waals surface area contributed by atoms with Crippen LogP contribution in [0.15, 0.2) is 9.72 Å². The van der Waals surface area contributed by atoms with Gasteiger partial charge in [0.15, 0.2) is 0 Å². The first-order valence-electron chi connectivity index (χ1n) is 5.75. The van der Waals surface area contributed by atoms with Gasteiger partial charge in [-0.25, -0.2) is 9.97 Å². The van der Waals surface area contributed by atoms with Gasteiger partial charge in [-0.05, 0) is 27.0 Å². The quantitative estimate of drug-likeness (QED) is 0.879. The van der Waals surface area contributed by atoms with Crippen molar-refractivity contribution < 1.29 is 4.79 Å². The van der Waals surface area contributed by atoms with Gasteiger partial charge < -0.3 is 5.32 Å². The van der Waals surface area contributed by atoms with Gasteiger partial charge in [-0.3, -0.25) is 4.79 Å². The number of amides is 1. The van der Waals surface area contributed by atoms with Crippen molar-refractivity contribution >= 4 is 40.3 Å². The Morgan fingerprint density at radius 2 is 2.16 bits per heavy atom. The number of nitrogens with one attached hydrogen (secondary N) is 1. The second kappa shape index (κ2) is 6.02. The van der Waals surface area contributed by atoms with E-state index in [9.17, 15) is 4.79 Å². The molecule has 0 aliphatic carbocycles. The third-order valence-electron chi connectivity index (χ3n) is 2.59. The van der Waals surface area contributed by atoms with Crippen molar-refractivity contribution in [2.24, 2.45) is 0 Å². The summed E-state index contributed by atoms with van der Waals surface area (Å²) in [6, 6.07) is -0.100. The van der Waals surface area contributed by atoms with E-state index < -0.39 is 0 Å². The van der Waals surface area contributed by atoms with E-state index in [4.69, 9.17) is 0 Å². The summed E-state index contributed by atoms with van der Waals surface area (Å²) in [5.74, 6) is -0.144. The Bertz CT molecular complexity index is 591. The van der Waals surface area contributed by atoms with E-state index in [0.717, 1.165) is 19.9 Å². The molecule has 0 aliphatic heterocycles. The van der Waals surface area contributed by atoms with Crippen LogP contribution in [-0.4, -0.2) is 22.1 Å². The van der Waals surface area contributed by atoms with Crippen molar-refractivity contribution in [2.45, 2.75) is 31.2 Å². The number of hydrogen-bond donors (Lipinski definition) is 1. The highest BCUT2D eigenvalue weighted by molar-refractivity contribution is 8.00. The van der Waals surface area contributed by atoms with E-state index in [-0.39, 0.29) is 11.9 Å². The summed E-state index contributed by atoms with van der Waals surface area (Å²) in [6.45, 7) is 5.94.